The Labute approximate surface area is 452 Å². The van der Waals surface area contributed by atoms with Crippen LogP contribution in [-0.4, -0.2) is 37.2 Å². The van der Waals surface area contributed by atoms with Gasteiger partial charge in [-0.3, -0.25) is 14.4 Å². The van der Waals surface area contributed by atoms with Crippen molar-refractivity contribution in [3.05, 3.63) is 85.1 Å². The Morgan fingerprint density at radius 1 is 0.288 bits per heavy atom. The number of allylic oxidation sites excluding steroid dienone is 14. The van der Waals surface area contributed by atoms with Crippen LogP contribution >= 0.6 is 0 Å². The van der Waals surface area contributed by atoms with Crippen LogP contribution < -0.4 is 0 Å². The van der Waals surface area contributed by atoms with E-state index in [0.29, 0.717) is 19.3 Å². The van der Waals surface area contributed by atoms with E-state index in [1.807, 2.05) is 0 Å². The van der Waals surface area contributed by atoms with Gasteiger partial charge in [-0.05, 0) is 96.3 Å². The van der Waals surface area contributed by atoms with E-state index in [1.165, 1.54) is 161 Å². The summed E-state index contributed by atoms with van der Waals surface area (Å²) in [7, 11) is 0. The fourth-order valence-corrected chi connectivity index (χ4v) is 8.74. The SMILES string of the molecule is CC/C=C\C/C=C\C/C=C\C/C=C\C/C=C\CCCCCC(=O)OC(COC(=O)CCCCCCCCCCC)COC(=O)CCCCCCCCCCCCCCCCC/C=C\C/C=C\CCCCCCC. The third-order valence-corrected chi connectivity index (χ3v) is 13.4. The van der Waals surface area contributed by atoms with Crippen LogP contribution in [0.4, 0.5) is 0 Å². The van der Waals surface area contributed by atoms with Crippen molar-refractivity contribution >= 4 is 17.9 Å². The minimum Gasteiger partial charge on any atom is -0.462 e. The Morgan fingerprint density at radius 3 is 0.849 bits per heavy atom. The molecule has 73 heavy (non-hydrogen) atoms. The van der Waals surface area contributed by atoms with Crippen molar-refractivity contribution in [2.75, 3.05) is 13.2 Å². The van der Waals surface area contributed by atoms with Crippen LogP contribution in [0, 0.1) is 0 Å². The molecule has 0 aliphatic carbocycles. The molecule has 0 bridgehead atoms. The molecule has 6 heteroatoms. The van der Waals surface area contributed by atoms with Crippen LogP contribution in [0.2, 0.25) is 0 Å². The number of rotatable bonds is 56. The lowest BCUT2D eigenvalue weighted by Gasteiger charge is -2.18. The molecule has 6 nitrogen and oxygen atoms in total. The maximum absolute atomic E-state index is 12.8. The summed E-state index contributed by atoms with van der Waals surface area (Å²) in [5, 5.41) is 0. The van der Waals surface area contributed by atoms with Crippen molar-refractivity contribution in [2.45, 2.75) is 309 Å². The lowest BCUT2D eigenvalue weighted by molar-refractivity contribution is -0.167. The summed E-state index contributed by atoms with van der Waals surface area (Å²) < 4.78 is 16.8. The Bertz CT molecular complexity index is 1400. The number of esters is 3. The third-order valence-electron chi connectivity index (χ3n) is 13.4. The van der Waals surface area contributed by atoms with Crippen molar-refractivity contribution in [1.29, 1.82) is 0 Å². The monoisotopic (exact) mass is 1020 g/mol. The molecular formula is C67H116O6. The van der Waals surface area contributed by atoms with E-state index in [9.17, 15) is 14.4 Å². The molecule has 0 amide bonds. The van der Waals surface area contributed by atoms with Gasteiger partial charge in [-0.25, -0.2) is 0 Å². The molecule has 1 unspecified atom stereocenters. The van der Waals surface area contributed by atoms with Gasteiger partial charge in [0.05, 0.1) is 0 Å². The lowest BCUT2D eigenvalue weighted by Crippen LogP contribution is -2.30. The topological polar surface area (TPSA) is 78.9 Å². The summed E-state index contributed by atoms with van der Waals surface area (Å²) in [5.74, 6) is -0.914. The highest BCUT2D eigenvalue weighted by molar-refractivity contribution is 5.71. The maximum atomic E-state index is 12.8. The molecule has 0 rings (SSSR count). The molecule has 0 saturated carbocycles. The molecule has 0 fully saturated rings. The number of ether oxygens (including phenoxy) is 3. The van der Waals surface area contributed by atoms with Gasteiger partial charge in [0.15, 0.2) is 6.10 Å². The van der Waals surface area contributed by atoms with Crippen molar-refractivity contribution in [2.24, 2.45) is 0 Å². The van der Waals surface area contributed by atoms with E-state index >= 15 is 0 Å². The lowest BCUT2D eigenvalue weighted by atomic mass is 10.0. The van der Waals surface area contributed by atoms with Gasteiger partial charge in [0.25, 0.3) is 0 Å². The number of unbranched alkanes of at least 4 members (excludes halogenated alkanes) is 31. The summed E-state index contributed by atoms with van der Waals surface area (Å²) in [6, 6.07) is 0. The molecule has 0 N–H and O–H groups in total. The van der Waals surface area contributed by atoms with Crippen molar-refractivity contribution in [1.82, 2.24) is 0 Å². The zero-order valence-electron chi connectivity index (χ0n) is 48.1. The van der Waals surface area contributed by atoms with E-state index in [4.69, 9.17) is 14.2 Å². The van der Waals surface area contributed by atoms with Gasteiger partial charge < -0.3 is 14.2 Å². The standard InChI is InChI=1S/C67H116O6/c1-4-7-10-13-16-19-21-23-25-27-29-30-31-32-33-34-35-36-38-39-41-43-45-48-51-54-57-60-66(69)72-63-64(62-71-65(68)59-56-53-50-47-18-15-12-9-6-3)73-67(70)61-58-55-52-49-46-44-42-40-37-28-26-24-22-20-17-14-11-8-5-2/h8,11,17,20-21,23-24,26-27,29,37,40,44,46,64H,4-7,9-10,12-16,18-19,22,25,28,30-36,38-39,41-43,45,47-63H2,1-3H3/b11-8-,20-17-,23-21-,26-24-,29-27-,40-37-,46-44-. The first-order valence-electron chi connectivity index (χ1n) is 31.1. The first-order chi connectivity index (χ1) is 36.0. The molecule has 1 atom stereocenters. The van der Waals surface area contributed by atoms with Crippen LogP contribution in [0.5, 0.6) is 0 Å². The molecular weight excluding hydrogens is 901 g/mol. The Hall–Kier alpha value is -3.41. The summed E-state index contributed by atoms with van der Waals surface area (Å²) in [6.45, 7) is 6.49. The number of hydrogen-bond donors (Lipinski definition) is 0. The second kappa shape index (κ2) is 61.1. The van der Waals surface area contributed by atoms with Crippen molar-refractivity contribution in [3.8, 4) is 0 Å². The fourth-order valence-electron chi connectivity index (χ4n) is 8.74. The van der Waals surface area contributed by atoms with Crippen LogP contribution in [0.25, 0.3) is 0 Å². The normalized spacial score (nSPS) is 12.6. The predicted octanol–water partition coefficient (Wildman–Crippen LogP) is 21.1. The maximum Gasteiger partial charge on any atom is 0.306 e. The molecule has 0 radical (unpaired) electrons. The Balaban J connectivity index is 4.22. The average Bonchev–Trinajstić information content (AvgIpc) is 3.39. The minimum atomic E-state index is -0.792. The van der Waals surface area contributed by atoms with E-state index in [2.05, 4.69) is 106 Å². The Kier molecular flexibility index (Phi) is 58.3. The van der Waals surface area contributed by atoms with Gasteiger partial charge in [-0.15, -0.1) is 0 Å². The predicted molar refractivity (Wildman–Crippen MR) is 316 cm³/mol. The number of hydrogen-bond acceptors (Lipinski definition) is 6. The zero-order valence-corrected chi connectivity index (χ0v) is 48.1. The molecule has 0 aliphatic rings. The fraction of sp³-hybridized carbons (Fsp3) is 0.746. The summed E-state index contributed by atoms with van der Waals surface area (Å²) in [5.41, 5.74) is 0. The second-order valence-corrected chi connectivity index (χ2v) is 20.6. The molecule has 0 aliphatic heterocycles. The van der Waals surface area contributed by atoms with E-state index in [1.54, 1.807) is 0 Å². The smallest absolute Gasteiger partial charge is 0.306 e. The molecule has 420 valence electrons. The number of carbonyl (C=O) groups excluding carboxylic acids is 3. The quantitative estimate of drug-likeness (QED) is 0.0261. The minimum absolute atomic E-state index is 0.0876. The first kappa shape index (κ1) is 69.6. The molecule has 0 aromatic rings. The highest BCUT2D eigenvalue weighted by atomic mass is 16.6. The second-order valence-electron chi connectivity index (χ2n) is 20.6. The van der Waals surface area contributed by atoms with E-state index in [-0.39, 0.29) is 31.1 Å². The van der Waals surface area contributed by atoms with Crippen molar-refractivity contribution in [3.63, 3.8) is 0 Å². The molecule has 0 aromatic carbocycles. The van der Waals surface area contributed by atoms with Gasteiger partial charge in [-0.2, -0.15) is 0 Å². The van der Waals surface area contributed by atoms with E-state index in [0.717, 1.165) is 103 Å². The van der Waals surface area contributed by atoms with Gasteiger partial charge in [0, 0.05) is 19.3 Å². The number of carbonyl (C=O) groups is 3. The van der Waals surface area contributed by atoms with Gasteiger partial charge >= 0.3 is 17.9 Å². The summed E-state index contributed by atoms with van der Waals surface area (Å²) in [6.07, 6.45) is 80.3. The average molecular weight is 1020 g/mol. The highest BCUT2D eigenvalue weighted by Crippen LogP contribution is 2.16. The van der Waals surface area contributed by atoms with Crippen LogP contribution in [0.3, 0.4) is 0 Å². The van der Waals surface area contributed by atoms with Gasteiger partial charge in [0.2, 0.25) is 0 Å². The summed E-state index contributed by atoms with van der Waals surface area (Å²) >= 11 is 0. The highest BCUT2D eigenvalue weighted by Gasteiger charge is 2.19. The molecule has 0 heterocycles. The zero-order chi connectivity index (χ0) is 52.9. The van der Waals surface area contributed by atoms with Gasteiger partial charge in [-0.1, -0.05) is 273 Å². The molecule has 0 saturated heterocycles. The van der Waals surface area contributed by atoms with Gasteiger partial charge in [0.1, 0.15) is 13.2 Å². The van der Waals surface area contributed by atoms with Crippen molar-refractivity contribution < 1.29 is 28.6 Å². The first-order valence-corrected chi connectivity index (χ1v) is 31.1. The van der Waals surface area contributed by atoms with E-state index < -0.39 is 6.10 Å². The largest absolute Gasteiger partial charge is 0.462 e. The summed E-state index contributed by atoms with van der Waals surface area (Å²) in [4.78, 5) is 38.1. The third kappa shape index (κ3) is 59.3. The molecule has 0 spiro atoms. The Morgan fingerprint density at radius 2 is 0.534 bits per heavy atom. The molecule has 0 aromatic heterocycles. The van der Waals surface area contributed by atoms with Crippen LogP contribution in [-0.2, 0) is 28.6 Å². The van der Waals surface area contributed by atoms with Crippen LogP contribution in [0.1, 0.15) is 303 Å². The van der Waals surface area contributed by atoms with Crippen LogP contribution in [0.15, 0.2) is 85.1 Å².